The molecule has 0 unspecified atom stereocenters. The van der Waals surface area contributed by atoms with Crippen molar-refractivity contribution in [3.63, 3.8) is 0 Å². The number of benzene rings is 1. The van der Waals surface area contributed by atoms with Crippen molar-refractivity contribution in [2.24, 2.45) is 0 Å². The van der Waals surface area contributed by atoms with Gasteiger partial charge in [0.2, 0.25) is 0 Å². The summed E-state index contributed by atoms with van der Waals surface area (Å²) in [5, 5.41) is 1.14. The summed E-state index contributed by atoms with van der Waals surface area (Å²) >= 11 is 0. The van der Waals surface area contributed by atoms with Crippen molar-refractivity contribution < 1.29 is 0 Å². The third-order valence-corrected chi connectivity index (χ3v) is 1.97. The van der Waals surface area contributed by atoms with Crippen LogP contribution in [0.5, 0.6) is 0 Å². The van der Waals surface area contributed by atoms with E-state index in [-0.39, 0.29) is 0 Å². The van der Waals surface area contributed by atoms with Crippen LogP contribution in [0, 0.1) is 6.07 Å². The van der Waals surface area contributed by atoms with Crippen LogP contribution < -0.4 is 4.90 Å². The quantitative estimate of drug-likeness (QED) is 0.674. The van der Waals surface area contributed by atoms with Crippen molar-refractivity contribution in [2.75, 3.05) is 19.0 Å². The van der Waals surface area contributed by atoms with Crippen LogP contribution in [0.4, 0.5) is 5.69 Å². The highest BCUT2D eigenvalue weighted by molar-refractivity contribution is 5.82. The molecular formula is C10H11N2. The van der Waals surface area contributed by atoms with E-state index in [1.54, 1.807) is 0 Å². The molecule has 0 aliphatic carbocycles. The standard InChI is InChI=1S/C10H11N2/c1-12(2)9-4-3-8-5-6-11-10(8)7-9/h3-4,6-7,11H,1-2H3. The molecule has 1 heterocycles. The first-order chi connectivity index (χ1) is 5.77. The lowest BCUT2D eigenvalue weighted by molar-refractivity contribution is 1.13. The van der Waals surface area contributed by atoms with E-state index in [0.29, 0.717) is 0 Å². The van der Waals surface area contributed by atoms with Gasteiger partial charge in [-0.1, -0.05) is 6.07 Å². The fraction of sp³-hybridized carbons (Fsp3) is 0.200. The smallest absolute Gasteiger partial charge is 0.0481 e. The molecule has 0 saturated carbocycles. The zero-order valence-electron chi connectivity index (χ0n) is 7.26. The molecular weight excluding hydrogens is 148 g/mol. The molecule has 2 aromatic rings. The van der Waals surface area contributed by atoms with E-state index < -0.39 is 0 Å². The van der Waals surface area contributed by atoms with E-state index in [4.69, 9.17) is 0 Å². The maximum absolute atomic E-state index is 3.13. The van der Waals surface area contributed by atoms with Crippen molar-refractivity contribution in [2.45, 2.75) is 0 Å². The summed E-state index contributed by atoms with van der Waals surface area (Å²) in [6.45, 7) is 0. The Morgan fingerprint density at radius 2 is 2.17 bits per heavy atom. The lowest BCUT2D eigenvalue weighted by atomic mass is 10.2. The number of aromatic amines is 1. The second kappa shape index (κ2) is 2.55. The first-order valence-electron chi connectivity index (χ1n) is 3.93. The zero-order valence-corrected chi connectivity index (χ0v) is 7.26. The van der Waals surface area contributed by atoms with Crippen molar-refractivity contribution in [1.29, 1.82) is 0 Å². The summed E-state index contributed by atoms with van der Waals surface area (Å²) in [5.41, 5.74) is 2.35. The van der Waals surface area contributed by atoms with Gasteiger partial charge in [0.25, 0.3) is 0 Å². The van der Waals surface area contributed by atoms with E-state index in [0.717, 1.165) is 10.9 Å². The molecule has 0 aliphatic heterocycles. The summed E-state index contributed by atoms with van der Waals surface area (Å²) in [4.78, 5) is 5.22. The Morgan fingerprint density at radius 3 is 2.92 bits per heavy atom. The Hall–Kier alpha value is -1.44. The second-order valence-electron chi connectivity index (χ2n) is 3.06. The first-order valence-corrected chi connectivity index (χ1v) is 3.93. The number of anilines is 1. The molecule has 0 amide bonds. The predicted molar refractivity (Wildman–Crippen MR) is 51.5 cm³/mol. The van der Waals surface area contributed by atoms with Gasteiger partial charge in [-0.05, 0) is 12.1 Å². The summed E-state index contributed by atoms with van der Waals surface area (Å²) in [5.74, 6) is 0. The van der Waals surface area contributed by atoms with Gasteiger partial charge in [-0.15, -0.1) is 0 Å². The molecule has 1 aromatic carbocycles. The second-order valence-corrected chi connectivity index (χ2v) is 3.06. The lowest BCUT2D eigenvalue weighted by Crippen LogP contribution is -2.07. The molecule has 2 heteroatoms. The number of hydrogen-bond donors (Lipinski definition) is 1. The summed E-state index contributed by atoms with van der Waals surface area (Å²) in [6, 6.07) is 9.39. The molecule has 0 bridgehead atoms. The largest absolute Gasteiger partial charge is 0.378 e. The average Bonchev–Trinajstić information content (AvgIpc) is 2.49. The summed E-state index contributed by atoms with van der Waals surface area (Å²) in [6.07, 6.45) is 1.84. The van der Waals surface area contributed by atoms with Gasteiger partial charge < -0.3 is 9.88 Å². The minimum atomic E-state index is 1.14. The van der Waals surface area contributed by atoms with Crippen LogP contribution >= 0.6 is 0 Å². The van der Waals surface area contributed by atoms with Crippen LogP contribution in [-0.2, 0) is 0 Å². The van der Waals surface area contributed by atoms with Gasteiger partial charge in [0, 0.05) is 42.9 Å². The van der Waals surface area contributed by atoms with Crippen LogP contribution in [0.25, 0.3) is 10.9 Å². The number of H-pyrrole nitrogens is 1. The molecule has 61 valence electrons. The SMILES string of the molecule is CN(C)c1ccc2[c]c[nH]c2c1. The molecule has 0 atom stereocenters. The van der Waals surface area contributed by atoms with Gasteiger partial charge in [-0.3, -0.25) is 0 Å². The Balaban J connectivity index is 2.60. The molecule has 0 aliphatic rings. The molecule has 0 saturated heterocycles. The van der Waals surface area contributed by atoms with Crippen molar-refractivity contribution in [3.8, 4) is 0 Å². The van der Waals surface area contributed by atoms with Gasteiger partial charge in [0.15, 0.2) is 0 Å². The maximum atomic E-state index is 3.13. The van der Waals surface area contributed by atoms with Crippen molar-refractivity contribution in [1.82, 2.24) is 4.98 Å². The molecule has 1 N–H and O–H groups in total. The molecule has 2 nitrogen and oxygen atoms in total. The Kier molecular flexibility index (Phi) is 1.54. The molecule has 1 aromatic heterocycles. The van der Waals surface area contributed by atoms with Gasteiger partial charge in [-0.25, -0.2) is 0 Å². The van der Waals surface area contributed by atoms with E-state index in [1.807, 2.05) is 20.3 Å². The predicted octanol–water partition coefficient (Wildman–Crippen LogP) is 2.03. The number of fused-ring (bicyclic) bond motifs is 1. The number of nitrogens with one attached hydrogen (secondary N) is 1. The first kappa shape index (κ1) is 7.22. The Morgan fingerprint density at radius 1 is 1.33 bits per heavy atom. The van der Waals surface area contributed by atoms with Crippen LogP contribution in [0.15, 0.2) is 24.4 Å². The number of rotatable bonds is 1. The minimum absolute atomic E-state index is 1.14. The monoisotopic (exact) mass is 159 g/mol. The van der Waals surface area contributed by atoms with Gasteiger partial charge in [0.1, 0.15) is 0 Å². The van der Waals surface area contributed by atoms with E-state index in [1.165, 1.54) is 5.69 Å². The Labute approximate surface area is 71.8 Å². The number of hydrogen-bond acceptors (Lipinski definition) is 1. The molecule has 1 radical (unpaired) electrons. The third kappa shape index (κ3) is 1.05. The fourth-order valence-electron chi connectivity index (χ4n) is 1.25. The molecule has 2 rings (SSSR count). The highest BCUT2D eigenvalue weighted by atomic mass is 15.1. The number of nitrogens with zero attached hydrogens (tertiary/aromatic N) is 1. The fourth-order valence-corrected chi connectivity index (χ4v) is 1.25. The third-order valence-electron chi connectivity index (χ3n) is 1.97. The topological polar surface area (TPSA) is 19.0 Å². The number of aromatic nitrogens is 1. The zero-order chi connectivity index (χ0) is 8.55. The normalized spacial score (nSPS) is 10.5. The highest BCUT2D eigenvalue weighted by Crippen LogP contribution is 2.18. The van der Waals surface area contributed by atoms with Crippen LogP contribution in [0.1, 0.15) is 0 Å². The van der Waals surface area contributed by atoms with E-state index in [2.05, 4.69) is 34.1 Å². The van der Waals surface area contributed by atoms with Crippen molar-refractivity contribution in [3.05, 3.63) is 30.5 Å². The maximum Gasteiger partial charge on any atom is 0.0481 e. The van der Waals surface area contributed by atoms with Crippen molar-refractivity contribution >= 4 is 16.6 Å². The highest BCUT2D eigenvalue weighted by Gasteiger charge is 1.97. The molecule has 12 heavy (non-hydrogen) atoms. The van der Waals surface area contributed by atoms with Gasteiger partial charge in [0.05, 0.1) is 0 Å². The van der Waals surface area contributed by atoms with E-state index in [9.17, 15) is 0 Å². The summed E-state index contributed by atoms with van der Waals surface area (Å²) < 4.78 is 0. The molecule has 0 spiro atoms. The van der Waals surface area contributed by atoms with Crippen LogP contribution in [0.3, 0.4) is 0 Å². The lowest BCUT2D eigenvalue weighted by Gasteiger charge is -2.11. The van der Waals surface area contributed by atoms with Crippen LogP contribution in [-0.4, -0.2) is 19.1 Å². The van der Waals surface area contributed by atoms with Gasteiger partial charge in [-0.2, -0.15) is 0 Å². The van der Waals surface area contributed by atoms with E-state index >= 15 is 0 Å². The average molecular weight is 159 g/mol. The van der Waals surface area contributed by atoms with Crippen LogP contribution in [0.2, 0.25) is 0 Å². The Bertz CT molecular complexity index is 387. The molecule has 0 fully saturated rings. The van der Waals surface area contributed by atoms with Gasteiger partial charge >= 0.3 is 0 Å². The summed E-state index contributed by atoms with van der Waals surface area (Å²) in [7, 11) is 4.07. The minimum Gasteiger partial charge on any atom is -0.378 e.